The van der Waals surface area contributed by atoms with E-state index in [1.54, 1.807) is 0 Å². The van der Waals surface area contributed by atoms with E-state index >= 15 is 0 Å². The lowest BCUT2D eigenvalue weighted by Gasteiger charge is -2.38. The lowest BCUT2D eigenvalue weighted by atomic mass is 9.66. The zero-order chi connectivity index (χ0) is 13.5. The Labute approximate surface area is 115 Å². The summed E-state index contributed by atoms with van der Waals surface area (Å²) in [5.74, 6) is 1.10. The van der Waals surface area contributed by atoms with E-state index in [9.17, 15) is 10.4 Å². The van der Waals surface area contributed by atoms with Gasteiger partial charge < -0.3 is 5.11 Å². The van der Waals surface area contributed by atoms with Crippen molar-refractivity contribution >= 4 is 0 Å². The molecule has 2 heteroatoms. The second kappa shape index (κ2) is 4.65. The Morgan fingerprint density at radius 1 is 1.32 bits per heavy atom. The van der Waals surface area contributed by atoms with Crippen molar-refractivity contribution < 1.29 is 5.11 Å². The smallest absolute Gasteiger partial charge is 0.0868 e. The second-order valence-electron chi connectivity index (χ2n) is 6.38. The summed E-state index contributed by atoms with van der Waals surface area (Å²) in [5, 5.41) is 20.5. The van der Waals surface area contributed by atoms with Gasteiger partial charge in [0.15, 0.2) is 0 Å². The van der Waals surface area contributed by atoms with E-state index in [0.717, 1.165) is 24.8 Å². The van der Waals surface area contributed by atoms with Gasteiger partial charge in [0.2, 0.25) is 0 Å². The lowest BCUT2D eigenvalue weighted by Crippen LogP contribution is -2.41. The highest BCUT2D eigenvalue weighted by molar-refractivity contribution is 5.25. The highest BCUT2D eigenvalue weighted by Gasteiger charge is 2.56. The molecular weight excluding hydrogens is 234 g/mol. The summed E-state index contributed by atoms with van der Waals surface area (Å²) in [6, 6.07) is 12.6. The molecule has 0 spiro atoms. The number of hydrogen-bond acceptors (Lipinski definition) is 2. The van der Waals surface area contributed by atoms with Gasteiger partial charge in [-0.2, -0.15) is 5.26 Å². The first-order valence-corrected chi connectivity index (χ1v) is 7.31. The molecule has 5 unspecified atom stereocenters. The van der Waals surface area contributed by atoms with Crippen molar-refractivity contribution in [2.24, 2.45) is 17.3 Å². The SMILES string of the molecule is CC(c1ccccc1)C(O)C1(C#N)CC2CCC1C2. The van der Waals surface area contributed by atoms with Crippen molar-refractivity contribution in [1.82, 2.24) is 0 Å². The van der Waals surface area contributed by atoms with Gasteiger partial charge in [-0.25, -0.2) is 0 Å². The van der Waals surface area contributed by atoms with Crippen molar-refractivity contribution in [3.8, 4) is 6.07 Å². The summed E-state index contributed by atoms with van der Waals surface area (Å²) in [4.78, 5) is 0. The summed E-state index contributed by atoms with van der Waals surface area (Å²) in [6.07, 6.45) is 3.87. The molecule has 0 heterocycles. The molecule has 2 fully saturated rings. The van der Waals surface area contributed by atoms with E-state index in [2.05, 4.69) is 6.07 Å². The third-order valence-electron chi connectivity index (χ3n) is 5.43. The van der Waals surface area contributed by atoms with Crippen LogP contribution in [0.2, 0.25) is 0 Å². The number of rotatable bonds is 3. The second-order valence-corrected chi connectivity index (χ2v) is 6.38. The Hall–Kier alpha value is -1.33. The molecule has 2 aliphatic rings. The Bertz CT molecular complexity index is 492. The summed E-state index contributed by atoms with van der Waals surface area (Å²) in [5.41, 5.74) is 0.630. The molecule has 0 aromatic heterocycles. The van der Waals surface area contributed by atoms with Crippen LogP contribution < -0.4 is 0 Å². The Balaban J connectivity index is 1.87. The molecule has 2 aliphatic carbocycles. The maximum atomic E-state index is 10.8. The highest BCUT2D eigenvalue weighted by atomic mass is 16.3. The third kappa shape index (κ3) is 1.88. The van der Waals surface area contributed by atoms with Crippen molar-refractivity contribution in [1.29, 1.82) is 5.26 Å². The van der Waals surface area contributed by atoms with Crippen LogP contribution in [-0.2, 0) is 0 Å². The van der Waals surface area contributed by atoms with E-state index in [1.807, 2.05) is 37.3 Å². The molecule has 0 saturated heterocycles. The first-order chi connectivity index (χ1) is 9.17. The van der Waals surface area contributed by atoms with Gasteiger partial charge in [0, 0.05) is 5.92 Å². The molecule has 2 saturated carbocycles. The minimum absolute atomic E-state index is 0.0280. The number of fused-ring (bicyclic) bond motifs is 2. The topological polar surface area (TPSA) is 44.0 Å². The van der Waals surface area contributed by atoms with Gasteiger partial charge in [-0.05, 0) is 36.7 Å². The van der Waals surface area contributed by atoms with Gasteiger partial charge in [-0.15, -0.1) is 0 Å². The number of aliphatic hydroxyl groups is 1. The largest absolute Gasteiger partial charge is 0.391 e. The van der Waals surface area contributed by atoms with E-state index in [1.165, 1.54) is 6.42 Å². The highest BCUT2D eigenvalue weighted by Crippen LogP contribution is 2.58. The van der Waals surface area contributed by atoms with Gasteiger partial charge in [-0.1, -0.05) is 43.7 Å². The third-order valence-corrected chi connectivity index (χ3v) is 5.43. The predicted molar refractivity (Wildman–Crippen MR) is 74.4 cm³/mol. The van der Waals surface area contributed by atoms with Crippen LogP contribution in [0.1, 0.15) is 44.1 Å². The molecule has 3 rings (SSSR count). The fourth-order valence-electron chi connectivity index (χ4n) is 4.32. The van der Waals surface area contributed by atoms with E-state index in [4.69, 9.17) is 0 Å². The van der Waals surface area contributed by atoms with Crippen molar-refractivity contribution in [3.05, 3.63) is 35.9 Å². The summed E-state index contributed by atoms with van der Waals surface area (Å²) in [7, 11) is 0. The van der Waals surface area contributed by atoms with Crippen LogP contribution in [0.15, 0.2) is 30.3 Å². The zero-order valence-corrected chi connectivity index (χ0v) is 11.4. The average Bonchev–Trinajstić information content (AvgIpc) is 3.07. The van der Waals surface area contributed by atoms with E-state index < -0.39 is 11.5 Å². The number of hydrogen-bond donors (Lipinski definition) is 1. The van der Waals surface area contributed by atoms with Crippen molar-refractivity contribution in [2.45, 2.75) is 44.6 Å². The lowest BCUT2D eigenvalue weighted by molar-refractivity contribution is 0.00858. The average molecular weight is 255 g/mol. The fraction of sp³-hybridized carbons (Fsp3) is 0.588. The Kier molecular flexibility index (Phi) is 3.11. The van der Waals surface area contributed by atoms with Crippen molar-refractivity contribution in [2.75, 3.05) is 0 Å². The monoisotopic (exact) mass is 255 g/mol. The molecule has 1 aromatic rings. The summed E-state index contributed by atoms with van der Waals surface area (Å²) >= 11 is 0. The maximum absolute atomic E-state index is 10.8. The molecule has 0 aliphatic heterocycles. The zero-order valence-electron chi connectivity index (χ0n) is 11.4. The van der Waals surface area contributed by atoms with Crippen LogP contribution in [0.3, 0.4) is 0 Å². The minimum Gasteiger partial charge on any atom is -0.391 e. The molecule has 1 aromatic carbocycles. The molecule has 1 N–H and O–H groups in total. The van der Waals surface area contributed by atoms with Gasteiger partial charge in [0.05, 0.1) is 17.6 Å². The maximum Gasteiger partial charge on any atom is 0.0868 e. The predicted octanol–water partition coefficient (Wildman–Crippen LogP) is 3.48. The summed E-state index contributed by atoms with van der Waals surface area (Å²) in [6.45, 7) is 2.05. The molecule has 0 amide bonds. The molecule has 0 radical (unpaired) electrons. The van der Waals surface area contributed by atoms with Crippen LogP contribution in [0, 0.1) is 28.6 Å². The quantitative estimate of drug-likeness (QED) is 0.898. The summed E-state index contributed by atoms with van der Waals surface area (Å²) < 4.78 is 0. The molecule has 2 nitrogen and oxygen atoms in total. The molecule has 5 atom stereocenters. The fourth-order valence-corrected chi connectivity index (χ4v) is 4.32. The number of aliphatic hydroxyl groups excluding tert-OH is 1. The van der Waals surface area contributed by atoms with Crippen LogP contribution in [0.25, 0.3) is 0 Å². The van der Waals surface area contributed by atoms with Crippen LogP contribution in [-0.4, -0.2) is 11.2 Å². The van der Waals surface area contributed by atoms with Gasteiger partial charge in [0.25, 0.3) is 0 Å². The van der Waals surface area contributed by atoms with Crippen LogP contribution in [0.5, 0.6) is 0 Å². The van der Waals surface area contributed by atoms with Crippen LogP contribution >= 0.6 is 0 Å². The van der Waals surface area contributed by atoms with E-state index in [-0.39, 0.29) is 5.92 Å². The van der Waals surface area contributed by atoms with Crippen molar-refractivity contribution in [3.63, 3.8) is 0 Å². The molecule has 2 bridgehead atoms. The molecule has 19 heavy (non-hydrogen) atoms. The van der Waals surface area contributed by atoms with Gasteiger partial charge >= 0.3 is 0 Å². The first-order valence-electron chi connectivity index (χ1n) is 7.31. The standard InChI is InChI=1S/C17H21NO/c1-12(14-5-3-2-4-6-14)16(19)17(11-18)10-13-7-8-15(17)9-13/h2-6,12-13,15-16,19H,7-10H2,1H3. The minimum atomic E-state index is -0.546. The Morgan fingerprint density at radius 3 is 2.58 bits per heavy atom. The Morgan fingerprint density at radius 2 is 2.05 bits per heavy atom. The van der Waals surface area contributed by atoms with Gasteiger partial charge in [-0.3, -0.25) is 0 Å². The van der Waals surface area contributed by atoms with Gasteiger partial charge in [0.1, 0.15) is 0 Å². The number of nitriles is 1. The number of benzene rings is 1. The first kappa shape index (κ1) is 12.7. The normalized spacial score (nSPS) is 35.8. The molecule has 100 valence electrons. The number of nitrogens with zero attached hydrogens (tertiary/aromatic N) is 1. The molecular formula is C17H21NO. The van der Waals surface area contributed by atoms with Crippen LogP contribution in [0.4, 0.5) is 0 Å². The van der Waals surface area contributed by atoms with E-state index in [0.29, 0.717) is 11.8 Å².